The second kappa shape index (κ2) is 3.10. The minimum Gasteiger partial charge on any atom is -0.330 e. The maximum atomic E-state index is 11.4. The van der Waals surface area contributed by atoms with E-state index in [1.54, 1.807) is 0 Å². The van der Waals surface area contributed by atoms with Gasteiger partial charge in [-0.2, -0.15) is 0 Å². The van der Waals surface area contributed by atoms with Gasteiger partial charge in [0, 0.05) is 24.1 Å². The molecule has 1 heterocycles. The maximum Gasteiger partial charge on any atom is 0.225 e. The molecule has 2 rings (SSSR count). The van der Waals surface area contributed by atoms with Crippen LogP contribution in [0.1, 0.15) is 18.9 Å². The number of benzene rings is 1. The van der Waals surface area contributed by atoms with Crippen molar-refractivity contribution in [1.82, 2.24) is 0 Å². The molecule has 3 N–H and O–H groups in total. The fourth-order valence-corrected chi connectivity index (χ4v) is 1.94. The van der Waals surface area contributed by atoms with Crippen LogP contribution in [-0.2, 0) is 10.2 Å². The van der Waals surface area contributed by atoms with Crippen LogP contribution in [0.15, 0.2) is 24.3 Å². The Morgan fingerprint density at radius 2 is 2.21 bits per heavy atom. The van der Waals surface area contributed by atoms with Crippen LogP contribution in [0.25, 0.3) is 0 Å². The lowest BCUT2D eigenvalue weighted by atomic mass is 9.76. The zero-order valence-electron chi connectivity index (χ0n) is 8.21. The summed E-state index contributed by atoms with van der Waals surface area (Å²) in [7, 11) is 0. The molecule has 0 saturated carbocycles. The van der Waals surface area contributed by atoms with Gasteiger partial charge in [-0.3, -0.25) is 4.79 Å². The van der Waals surface area contributed by atoms with E-state index in [0.717, 1.165) is 11.3 Å². The van der Waals surface area contributed by atoms with Gasteiger partial charge in [-0.05, 0) is 11.6 Å². The number of hydrogen-bond donors (Lipinski definition) is 2. The highest BCUT2D eigenvalue weighted by Gasteiger charge is 2.34. The van der Waals surface area contributed by atoms with Gasteiger partial charge < -0.3 is 11.1 Å². The SMILES string of the molecule is CC1(CN)CC(=O)Nc2ccccc21. The first-order chi connectivity index (χ1) is 6.65. The topological polar surface area (TPSA) is 55.1 Å². The summed E-state index contributed by atoms with van der Waals surface area (Å²) in [6.07, 6.45) is 0.473. The van der Waals surface area contributed by atoms with E-state index in [2.05, 4.69) is 5.32 Å². The van der Waals surface area contributed by atoms with Gasteiger partial charge in [-0.25, -0.2) is 0 Å². The molecule has 0 bridgehead atoms. The van der Waals surface area contributed by atoms with Crippen LogP contribution in [-0.4, -0.2) is 12.5 Å². The van der Waals surface area contributed by atoms with E-state index in [1.165, 1.54) is 0 Å². The molecule has 0 saturated heterocycles. The number of carbonyl (C=O) groups excluding carboxylic acids is 1. The quantitative estimate of drug-likeness (QED) is 0.700. The maximum absolute atomic E-state index is 11.4. The highest BCUT2D eigenvalue weighted by Crippen LogP contribution is 2.36. The molecule has 1 atom stereocenters. The second-order valence-corrected chi connectivity index (χ2v) is 4.04. The molecule has 1 aliphatic heterocycles. The van der Waals surface area contributed by atoms with Crippen molar-refractivity contribution in [2.24, 2.45) is 5.73 Å². The zero-order valence-corrected chi connectivity index (χ0v) is 8.21. The normalized spacial score (nSPS) is 25.4. The fourth-order valence-electron chi connectivity index (χ4n) is 1.94. The number of hydrogen-bond acceptors (Lipinski definition) is 2. The lowest BCUT2D eigenvalue weighted by molar-refractivity contribution is -0.117. The molecule has 0 fully saturated rings. The van der Waals surface area contributed by atoms with E-state index in [0.29, 0.717) is 13.0 Å². The molecular formula is C11H14N2O. The second-order valence-electron chi connectivity index (χ2n) is 4.04. The highest BCUT2D eigenvalue weighted by atomic mass is 16.1. The van der Waals surface area contributed by atoms with Crippen molar-refractivity contribution in [3.8, 4) is 0 Å². The Morgan fingerprint density at radius 1 is 1.50 bits per heavy atom. The van der Waals surface area contributed by atoms with E-state index in [1.807, 2.05) is 31.2 Å². The monoisotopic (exact) mass is 190 g/mol. The number of nitrogens with one attached hydrogen (secondary N) is 1. The molecule has 0 spiro atoms. The molecule has 0 aromatic heterocycles. The summed E-state index contributed by atoms with van der Waals surface area (Å²) in [5, 5.41) is 2.85. The summed E-state index contributed by atoms with van der Waals surface area (Å²) in [4.78, 5) is 11.4. The van der Waals surface area contributed by atoms with Crippen molar-refractivity contribution in [2.45, 2.75) is 18.8 Å². The van der Waals surface area contributed by atoms with Crippen LogP contribution >= 0.6 is 0 Å². The molecule has 74 valence electrons. The summed E-state index contributed by atoms with van der Waals surface area (Å²) < 4.78 is 0. The third-order valence-corrected chi connectivity index (χ3v) is 2.85. The Kier molecular flexibility index (Phi) is 2.04. The van der Waals surface area contributed by atoms with E-state index >= 15 is 0 Å². The molecule has 1 aromatic carbocycles. The first-order valence-electron chi connectivity index (χ1n) is 4.75. The first-order valence-corrected chi connectivity index (χ1v) is 4.75. The number of rotatable bonds is 1. The van der Waals surface area contributed by atoms with Crippen molar-refractivity contribution >= 4 is 11.6 Å². The molecular weight excluding hydrogens is 176 g/mol. The lowest BCUT2D eigenvalue weighted by Crippen LogP contribution is -2.40. The third kappa shape index (κ3) is 1.30. The Balaban J connectivity index is 2.54. The third-order valence-electron chi connectivity index (χ3n) is 2.85. The summed E-state index contributed by atoms with van der Waals surface area (Å²) in [5.74, 6) is 0.0525. The molecule has 0 aliphatic carbocycles. The number of carbonyl (C=O) groups is 1. The molecule has 0 radical (unpaired) electrons. The van der Waals surface area contributed by atoms with Crippen LogP contribution in [0.5, 0.6) is 0 Å². The minimum atomic E-state index is -0.209. The summed E-state index contributed by atoms with van der Waals surface area (Å²) in [6.45, 7) is 2.53. The predicted molar refractivity (Wildman–Crippen MR) is 56.1 cm³/mol. The van der Waals surface area contributed by atoms with Gasteiger partial charge in [-0.1, -0.05) is 25.1 Å². The van der Waals surface area contributed by atoms with Crippen LogP contribution in [0.3, 0.4) is 0 Å². The zero-order chi connectivity index (χ0) is 10.2. The van der Waals surface area contributed by atoms with Gasteiger partial charge in [0.2, 0.25) is 5.91 Å². The smallest absolute Gasteiger partial charge is 0.225 e. The molecule has 1 unspecified atom stereocenters. The number of para-hydroxylation sites is 1. The van der Waals surface area contributed by atoms with Crippen LogP contribution < -0.4 is 11.1 Å². The van der Waals surface area contributed by atoms with E-state index in [-0.39, 0.29) is 11.3 Å². The predicted octanol–water partition coefficient (Wildman–Crippen LogP) is 1.25. The van der Waals surface area contributed by atoms with Gasteiger partial charge in [0.1, 0.15) is 0 Å². The van der Waals surface area contributed by atoms with Crippen molar-refractivity contribution in [1.29, 1.82) is 0 Å². The molecule has 1 amide bonds. The number of anilines is 1. The fraction of sp³-hybridized carbons (Fsp3) is 0.364. The van der Waals surface area contributed by atoms with Crippen molar-refractivity contribution in [2.75, 3.05) is 11.9 Å². The van der Waals surface area contributed by atoms with Crippen molar-refractivity contribution < 1.29 is 4.79 Å². The molecule has 3 nitrogen and oxygen atoms in total. The Bertz CT molecular complexity index is 375. The summed E-state index contributed by atoms with van der Waals surface area (Å²) in [6, 6.07) is 7.84. The average Bonchev–Trinajstić information content (AvgIpc) is 2.17. The largest absolute Gasteiger partial charge is 0.330 e. The van der Waals surface area contributed by atoms with Gasteiger partial charge in [0.25, 0.3) is 0 Å². The Labute approximate surface area is 83.3 Å². The summed E-state index contributed by atoms with van der Waals surface area (Å²) >= 11 is 0. The average molecular weight is 190 g/mol. The standard InChI is InChI=1S/C11H14N2O/c1-11(7-12)6-10(14)13-9-5-3-2-4-8(9)11/h2-5H,6-7,12H2,1H3,(H,13,14). The Morgan fingerprint density at radius 3 is 2.93 bits per heavy atom. The molecule has 1 aliphatic rings. The summed E-state index contributed by atoms with van der Waals surface area (Å²) in [5.41, 5.74) is 7.57. The van der Waals surface area contributed by atoms with Gasteiger partial charge in [0.05, 0.1) is 0 Å². The first kappa shape index (κ1) is 9.21. The van der Waals surface area contributed by atoms with Gasteiger partial charge in [-0.15, -0.1) is 0 Å². The van der Waals surface area contributed by atoms with Crippen molar-refractivity contribution in [3.05, 3.63) is 29.8 Å². The van der Waals surface area contributed by atoms with E-state index in [9.17, 15) is 4.79 Å². The number of fused-ring (bicyclic) bond motifs is 1. The lowest BCUT2D eigenvalue weighted by Gasteiger charge is -2.34. The van der Waals surface area contributed by atoms with Gasteiger partial charge in [0.15, 0.2) is 0 Å². The van der Waals surface area contributed by atoms with Crippen LogP contribution in [0, 0.1) is 0 Å². The molecule has 1 aromatic rings. The van der Waals surface area contributed by atoms with Crippen molar-refractivity contribution in [3.63, 3.8) is 0 Å². The molecule has 14 heavy (non-hydrogen) atoms. The minimum absolute atomic E-state index is 0.0525. The van der Waals surface area contributed by atoms with E-state index in [4.69, 9.17) is 5.73 Å². The molecule has 3 heteroatoms. The number of nitrogens with two attached hydrogens (primary N) is 1. The number of amides is 1. The van der Waals surface area contributed by atoms with Crippen LogP contribution in [0.4, 0.5) is 5.69 Å². The Hall–Kier alpha value is -1.35. The van der Waals surface area contributed by atoms with Crippen LogP contribution in [0.2, 0.25) is 0 Å². The van der Waals surface area contributed by atoms with Gasteiger partial charge >= 0.3 is 0 Å². The van der Waals surface area contributed by atoms with E-state index < -0.39 is 0 Å². The highest BCUT2D eigenvalue weighted by molar-refractivity contribution is 5.95.